The highest BCUT2D eigenvalue weighted by molar-refractivity contribution is 7.15. The van der Waals surface area contributed by atoms with Gasteiger partial charge in [0.1, 0.15) is 0 Å². The summed E-state index contributed by atoms with van der Waals surface area (Å²) in [4.78, 5) is 17.3. The number of ether oxygens (including phenoxy) is 1. The van der Waals surface area contributed by atoms with Gasteiger partial charge in [0.25, 0.3) is 5.91 Å². The van der Waals surface area contributed by atoms with Gasteiger partial charge < -0.3 is 9.64 Å². The summed E-state index contributed by atoms with van der Waals surface area (Å²) in [5, 5.41) is 7.28. The number of carbonyl (C=O) groups excluding carboxylic acids is 1. The zero-order valence-corrected chi connectivity index (χ0v) is 14.1. The number of carbonyl (C=O) groups is 1. The molecule has 0 aromatic carbocycles. The zero-order valence-electron chi connectivity index (χ0n) is 13.2. The first-order chi connectivity index (χ1) is 11.2. The largest absolute Gasteiger partial charge is 0.381 e. The predicted octanol–water partition coefficient (Wildman–Crippen LogP) is 3.09. The van der Waals surface area contributed by atoms with Crippen molar-refractivity contribution in [1.82, 2.24) is 15.1 Å². The molecule has 1 saturated carbocycles. The monoisotopic (exact) mass is 331 g/mol. The van der Waals surface area contributed by atoms with Gasteiger partial charge in [-0.25, -0.2) is 0 Å². The van der Waals surface area contributed by atoms with Crippen LogP contribution in [0.5, 0.6) is 0 Å². The molecule has 1 amide bonds. The summed E-state index contributed by atoms with van der Waals surface area (Å²) in [5.74, 6) is 0.521. The number of hydrogen-bond acceptors (Lipinski definition) is 4. The molecule has 4 rings (SSSR count). The van der Waals surface area contributed by atoms with Crippen LogP contribution < -0.4 is 0 Å². The Kier molecular flexibility index (Phi) is 3.95. The number of aryl methyl sites for hydroxylation is 1. The first-order valence-corrected chi connectivity index (χ1v) is 9.03. The Hall–Kier alpha value is -1.66. The molecule has 1 aliphatic carbocycles. The van der Waals surface area contributed by atoms with E-state index in [0.29, 0.717) is 17.7 Å². The van der Waals surface area contributed by atoms with Gasteiger partial charge in [-0.2, -0.15) is 5.10 Å². The third-order valence-corrected chi connectivity index (χ3v) is 5.56. The van der Waals surface area contributed by atoms with Gasteiger partial charge in [0.05, 0.1) is 17.2 Å². The van der Waals surface area contributed by atoms with Crippen LogP contribution in [0.1, 0.15) is 34.6 Å². The molecule has 1 aliphatic heterocycles. The average molecular weight is 331 g/mol. The highest BCUT2D eigenvalue weighted by Crippen LogP contribution is 2.31. The standard InChI is InChI=1S/C17H21N3O2S/c1-11-2-5-16(23-11)14-8-15(19-18-14)17(21)20(13-3-4-13)9-12-6-7-22-10-12/h2,5,8,12-13H,3-4,6-7,9-10H2,1H3,(H,18,19)/t12-/m0/s1. The van der Waals surface area contributed by atoms with Crippen molar-refractivity contribution in [2.75, 3.05) is 19.8 Å². The Bertz CT molecular complexity index is 698. The Morgan fingerprint density at radius 2 is 2.30 bits per heavy atom. The number of aromatic amines is 1. The summed E-state index contributed by atoms with van der Waals surface area (Å²) in [5.41, 5.74) is 1.45. The van der Waals surface area contributed by atoms with Crippen LogP contribution in [-0.2, 0) is 4.74 Å². The van der Waals surface area contributed by atoms with Crippen LogP contribution in [-0.4, -0.2) is 46.8 Å². The van der Waals surface area contributed by atoms with E-state index < -0.39 is 0 Å². The predicted molar refractivity (Wildman–Crippen MR) is 89.6 cm³/mol. The fraction of sp³-hybridized carbons (Fsp3) is 0.529. The van der Waals surface area contributed by atoms with Crippen LogP contribution in [0.2, 0.25) is 0 Å². The van der Waals surface area contributed by atoms with Crippen molar-refractivity contribution in [2.45, 2.75) is 32.2 Å². The number of hydrogen-bond donors (Lipinski definition) is 1. The number of thiophene rings is 1. The number of H-pyrrole nitrogens is 1. The highest BCUT2D eigenvalue weighted by Gasteiger charge is 2.36. The Morgan fingerprint density at radius 3 is 2.96 bits per heavy atom. The van der Waals surface area contributed by atoms with Crippen LogP contribution >= 0.6 is 11.3 Å². The summed E-state index contributed by atoms with van der Waals surface area (Å²) in [6.45, 7) is 4.47. The van der Waals surface area contributed by atoms with E-state index in [1.54, 1.807) is 11.3 Å². The maximum Gasteiger partial charge on any atom is 0.274 e. The SMILES string of the molecule is Cc1ccc(-c2cc(C(=O)N(C[C@@H]3CCOC3)C3CC3)n[nH]2)s1. The summed E-state index contributed by atoms with van der Waals surface area (Å²) >= 11 is 1.71. The van der Waals surface area contributed by atoms with Gasteiger partial charge in [-0.1, -0.05) is 0 Å². The van der Waals surface area contributed by atoms with Crippen molar-refractivity contribution in [2.24, 2.45) is 5.92 Å². The second-order valence-electron chi connectivity index (χ2n) is 6.50. The minimum absolute atomic E-state index is 0.0511. The molecular formula is C17H21N3O2S. The van der Waals surface area contributed by atoms with Crippen molar-refractivity contribution in [3.63, 3.8) is 0 Å². The maximum absolute atomic E-state index is 12.9. The fourth-order valence-electron chi connectivity index (χ4n) is 3.07. The second kappa shape index (κ2) is 6.09. The molecule has 2 aromatic heterocycles. The molecule has 0 radical (unpaired) electrons. The van der Waals surface area contributed by atoms with E-state index in [9.17, 15) is 4.79 Å². The van der Waals surface area contributed by atoms with Gasteiger partial charge in [0.15, 0.2) is 5.69 Å². The number of nitrogens with zero attached hydrogens (tertiary/aromatic N) is 2. The molecule has 0 unspecified atom stereocenters. The maximum atomic E-state index is 12.9. The number of amides is 1. The lowest BCUT2D eigenvalue weighted by Crippen LogP contribution is -2.37. The third kappa shape index (κ3) is 3.19. The van der Waals surface area contributed by atoms with E-state index in [0.717, 1.165) is 49.6 Å². The smallest absolute Gasteiger partial charge is 0.274 e. The third-order valence-electron chi connectivity index (χ3n) is 4.53. The quantitative estimate of drug-likeness (QED) is 0.916. The Labute approximate surface area is 139 Å². The molecule has 0 spiro atoms. The van der Waals surface area contributed by atoms with E-state index in [4.69, 9.17) is 4.74 Å². The fourth-order valence-corrected chi connectivity index (χ4v) is 3.91. The first kappa shape index (κ1) is 14.9. The lowest BCUT2D eigenvalue weighted by Gasteiger charge is -2.24. The molecule has 1 N–H and O–H groups in total. The van der Waals surface area contributed by atoms with Crippen LogP contribution in [0.3, 0.4) is 0 Å². The van der Waals surface area contributed by atoms with Crippen LogP contribution in [0, 0.1) is 12.8 Å². The lowest BCUT2D eigenvalue weighted by molar-refractivity contribution is 0.0700. The zero-order chi connectivity index (χ0) is 15.8. The average Bonchev–Trinajstić information content (AvgIpc) is 2.99. The van der Waals surface area contributed by atoms with Gasteiger partial charge in [0.2, 0.25) is 0 Å². The van der Waals surface area contributed by atoms with Crippen molar-refractivity contribution in [3.8, 4) is 10.6 Å². The van der Waals surface area contributed by atoms with E-state index in [1.165, 1.54) is 4.88 Å². The van der Waals surface area contributed by atoms with Crippen LogP contribution in [0.4, 0.5) is 0 Å². The van der Waals surface area contributed by atoms with Crippen LogP contribution in [0.15, 0.2) is 18.2 Å². The van der Waals surface area contributed by atoms with E-state index in [2.05, 4.69) is 29.3 Å². The van der Waals surface area contributed by atoms with Gasteiger partial charge in [-0.15, -0.1) is 11.3 Å². The molecule has 6 heteroatoms. The topological polar surface area (TPSA) is 58.2 Å². The normalized spacial score (nSPS) is 20.8. The molecule has 0 bridgehead atoms. The van der Waals surface area contributed by atoms with Gasteiger partial charge in [-0.05, 0) is 44.4 Å². The minimum Gasteiger partial charge on any atom is -0.381 e. The van der Waals surface area contributed by atoms with Crippen molar-refractivity contribution in [3.05, 3.63) is 28.8 Å². The molecule has 5 nitrogen and oxygen atoms in total. The Morgan fingerprint density at radius 1 is 1.43 bits per heavy atom. The van der Waals surface area contributed by atoms with E-state index in [1.807, 2.05) is 11.0 Å². The Balaban J connectivity index is 1.51. The van der Waals surface area contributed by atoms with Crippen molar-refractivity contribution in [1.29, 1.82) is 0 Å². The van der Waals surface area contributed by atoms with Gasteiger partial charge in [0, 0.05) is 30.0 Å². The summed E-state index contributed by atoms with van der Waals surface area (Å²) in [6, 6.07) is 6.43. The summed E-state index contributed by atoms with van der Waals surface area (Å²) in [7, 11) is 0. The molecule has 1 saturated heterocycles. The first-order valence-electron chi connectivity index (χ1n) is 8.21. The summed E-state index contributed by atoms with van der Waals surface area (Å²) in [6.07, 6.45) is 3.28. The van der Waals surface area contributed by atoms with Crippen LogP contribution in [0.25, 0.3) is 10.6 Å². The van der Waals surface area contributed by atoms with Gasteiger partial charge in [-0.3, -0.25) is 9.89 Å². The molecule has 2 aromatic rings. The molecular weight excluding hydrogens is 310 g/mol. The highest BCUT2D eigenvalue weighted by atomic mass is 32.1. The number of rotatable bonds is 5. The lowest BCUT2D eigenvalue weighted by atomic mass is 10.1. The molecule has 2 fully saturated rings. The summed E-state index contributed by atoms with van der Waals surface area (Å²) < 4.78 is 5.45. The molecule has 23 heavy (non-hydrogen) atoms. The minimum atomic E-state index is 0.0511. The molecule has 2 aliphatic rings. The molecule has 122 valence electrons. The van der Waals surface area contributed by atoms with Crippen molar-refractivity contribution >= 4 is 17.2 Å². The molecule has 1 atom stereocenters. The number of nitrogens with one attached hydrogen (secondary N) is 1. The second-order valence-corrected chi connectivity index (χ2v) is 7.78. The molecule has 3 heterocycles. The van der Waals surface area contributed by atoms with E-state index >= 15 is 0 Å². The number of aromatic nitrogens is 2. The van der Waals surface area contributed by atoms with Gasteiger partial charge >= 0.3 is 0 Å². The van der Waals surface area contributed by atoms with Crippen molar-refractivity contribution < 1.29 is 9.53 Å². The van der Waals surface area contributed by atoms with E-state index in [-0.39, 0.29) is 5.91 Å².